The number of nitrogens with zero attached hydrogens (tertiary/aromatic N) is 2. The van der Waals surface area contributed by atoms with E-state index in [0.717, 1.165) is 23.3 Å². The largest absolute Gasteiger partial charge is 0.481 e. The highest BCUT2D eigenvalue weighted by Gasteiger charge is 2.44. The van der Waals surface area contributed by atoms with Crippen LogP contribution in [0.25, 0.3) is 0 Å². The fraction of sp³-hybridized carbons (Fsp3) is 0.526. The van der Waals surface area contributed by atoms with Crippen LogP contribution in [0.5, 0.6) is 0 Å². The first kappa shape index (κ1) is 19.2. The zero-order valence-corrected chi connectivity index (χ0v) is 15.2. The molecule has 3 unspecified atom stereocenters. The molecule has 2 fully saturated rings. The molecule has 8 heteroatoms. The van der Waals surface area contributed by atoms with Crippen LogP contribution in [0.4, 0.5) is 4.79 Å². The van der Waals surface area contributed by atoms with Crippen molar-refractivity contribution < 1.29 is 29.0 Å². The Kier molecular flexibility index (Phi) is 5.95. The second kappa shape index (κ2) is 8.39. The fourth-order valence-electron chi connectivity index (χ4n) is 3.66. The van der Waals surface area contributed by atoms with Crippen molar-refractivity contribution in [2.24, 2.45) is 0 Å². The highest BCUT2D eigenvalue weighted by Crippen LogP contribution is 2.30. The topological polar surface area (TPSA) is 96.4 Å². The lowest BCUT2D eigenvalue weighted by Crippen LogP contribution is -2.57. The number of carbonyl (C=O) groups is 3. The average Bonchev–Trinajstić information content (AvgIpc) is 2.92. The maximum Gasteiger partial charge on any atom is 0.410 e. The van der Waals surface area contributed by atoms with Gasteiger partial charge in [0.15, 0.2) is 0 Å². The number of rotatable bonds is 6. The second-order valence-electron chi connectivity index (χ2n) is 6.93. The number of morpholine rings is 1. The molecule has 2 aliphatic rings. The number of ether oxygens (including phenoxy) is 2. The first-order valence-corrected chi connectivity index (χ1v) is 9.02. The molecule has 0 aromatic heterocycles. The van der Waals surface area contributed by atoms with Gasteiger partial charge in [0.25, 0.3) is 0 Å². The van der Waals surface area contributed by atoms with Crippen molar-refractivity contribution in [1.29, 1.82) is 0 Å². The third-order valence-electron chi connectivity index (χ3n) is 5.11. The van der Waals surface area contributed by atoms with Crippen molar-refractivity contribution in [3.8, 4) is 0 Å². The smallest absolute Gasteiger partial charge is 0.410 e. The van der Waals surface area contributed by atoms with E-state index in [2.05, 4.69) is 0 Å². The number of aliphatic carboxylic acids is 1. The standard InChI is InChI=1S/C19H24N2O6/c1-20(19(25)27-10-13-5-3-2-4-6-13)16(9-17(22)23)18(24)21-14-7-8-15(21)12-26-11-14/h2-6,14-16H,7-12H2,1H3,(H,22,23). The lowest BCUT2D eigenvalue weighted by atomic mass is 10.1. The number of carbonyl (C=O) groups excluding carboxylic acids is 2. The normalized spacial score (nSPS) is 22.2. The molecule has 8 nitrogen and oxygen atoms in total. The minimum Gasteiger partial charge on any atom is -0.481 e. The number of amides is 2. The molecule has 2 heterocycles. The number of carboxylic acids is 1. The molecule has 0 saturated carbocycles. The van der Waals surface area contributed by atoms with E-state index in [0.29, 0.717) is 13.2 Å². The van der Waals surface area contributed by atoms with Crippen LogP contribution in [0.15, 0.2) is 30.3 Å². The van der Waals surface area contributed by atoms with Crippen molar-refractivity contribution in [1.82, 2.24) is 9.80 Å². The molecule has 2 saturated heterocycles. The number of likely N-dealkylation sites (N-methyl/N-ethyl adjacent to an activating group) is 1. The van der Waals surface area contributed by atoms with Crippen LogP contribution < -0.4 is 0 Å². The van der Waals surface area contributed by atoms with Gasteiger partial charge in [-0.2, -0.15) is 0 Å². The number of fused-ring (bicyclic) bond motifs is 2. The zero-order valence-electron chi connectivity index (χ0n) is 15.2. The van der Waals surface area contributed by atoms with Gasteiger partial charge in [-0.3, -0.25) is 14.5 Å². The molecular weight excluding hydrogens is 352 g/mol. The Morgan fingerprint density at radius 2 is 1.85 bits per heavy atom. The Morgan fingerprint density at radius 3 is 2.44 bits per heavy atom. The number of benzene rings is 1. The summed E-state index contributed by atoms with van der Waals surface area (Å²) in [5, 5.41) is 9.24. The monoisotopic (exact) mass is 376 g/mol. The highest BCUT2D eigenvalue weighted by atomic mass is 16.6. The summed E-state index contributed by atoms with van der Waals surface area (Å²) in [5.41, 5.74) is 0.812. The van der Waals surface area contributed by atoms with Crippen molar-refractivity contribution in [2.45, 2.75) is 44.0 Å². The van der Waals surface area contributed by atoms with Crippen LogP contribution in [-0.4, -0.2) is 71.3 Å². The highest BCUT2D eigenvalue weighted by molar-refractivity contribution is 5.90. The van der Waals surface area contributed by atoms with Gasteiger partial charge in [0.05, 0.1) is 31.7 Å². The maximum atomic E-state index is 13.1. The summed E-state index contributed by atoms with van der Waals surface area (Å²) < 4.78 is 10.7. The molecule has 146 valence electrons. The van der Waals surface area contributed by atoms with Gasteiger partial charge in [0, 0.05) is 7.05 Å². The van der Waals surface area contributed by atoms with Crippen molar-refractivity contribution >= 4 is 18.0 Å². The molecule has 27 heavy (non-hydrogen) atoms. The van der Waals surface area contributed by atoms with Gasteiger partial charge in [-0.1, -0.05) is 30.3 Å². The second-order valence-corrected chi connectivity index (χ2v) is 6.93. The van der Waals surface area contributed by atoms with Crippen LogP contribution >= 0.6 is 0 Å². The Morgan fingerprint density at radius 1 is 1.22 bits per heavy atom. The zero-order chi connectivity index (χ0) is 19.4. The minimum atomic E-state index is -1.14. The molecule has 2 aliphatic heterocycles. The van der Waals surface area contributed by atoms with Crippen molar-refractivity contribution in [3.05, 3.63) is 35.9 Å². The molecule has 0 aliphatic carbocycles. The Labute approximate surface area is 157 Å². The summed E-state index contributed by atoms with van der Waals surface area (Å²) in [6.45, 7) is 0.954. The summed E-state index contributed by atoms with van der Waals surface area (Å²) in [7, 11) is 1.40. The van der Waals surface area contributed by atoms with Gasteiger partial charge in [-0.25, -0.2) is 4.79 Å². The lowest BCUT2D eigenvalue weighted by molar-refractivity contribution is -0.150. The SMILES string of the molecule is CN(C(=O)OCc1ccccc1)C(CC(=O)O)C(=O)N1C2CCC1COC2. The summed E-state index contributed by atoms with van der Waals surface area (Å²) in [6, 6.07) is 7.94. The van der Waals surface area contributed by atoms with E-state index in [4.69, 9.17) is 9.47 Å². The Bertz CT molecular complexity index is 679. The van der Waals surface area contributed by atoms with Crippen LogP contribution in [0.3, 0.4) is 0 Å². The Hall–Kier alpha value is -2.61. The van der Waals surface area contributed by atoms with Gasteiger partial charge < -0.3 is 19.5 Å². The Balaban J connectivity index is 1.68. The lowest BCUT2D eigenvalue weighted by Gasteiger charge is -2.38. The van der Waals surface area contributed by atoms with E-state index in [1.165, 1.54) is 7.05 Å². The van der Waals surface area contributed by atoms with Crippen molar-refractivity contribution in [2.75, 3.05) is 20.3 Å². The molecule has 2 amide bonds. The first-order chi connectivity index (χ1) is 13.0. The molecular formula is C19H24N2O6. The van der Waals surface area contributed by atoms with Crippen molar-refractivity contribution in [3.63, 3.8) is 0 Å². The van der Waals surface area contributed by atoms with Gasteiger partial charge in [-0.15, -0.1) is 0 Å². The summed E-state index contributed by atoms with van der Waals surface area (Å²) in [4.78, 5) is 39.6. The van der Waals surface area contributed by atoms with E-state index >= 15 is 0 Å². The van der Waals surface area contributed by atoms with E-state index in [9.17, 15) is 19.5 Å². The van der Waals surface area contributed by atoms with E-state index in [1.807, 2.05) is 30.3 Å². The summed E-state index contributed by atoms with van der Waals surface area (Å²) in [6.07, 6.45) is 0.475. The molecule has 0 spiro atoms. The molecule has 3 atom stereocenters. The predicted molar refractivity (Wildman–Crippen MR) is 94.9 cm³/mol. The van der Waals surface area contributed by atoms with Crippen LogP contribution in [0, 0.1) is 0 Å². The summed E-state index contributed by atoms with van der Waals surface area (Å²) >= 11 is 0. The van der Waals surface area contributed by atoms with E-state index < -0.39 is 24.5 Å². The maximum absolute atomic E-state index is 13.1. The van der Waals surface area contributed by atoms with E-state index in [1.54, 1.807) is 4.90 Å². The van der Waals surface area contributed by atoms with Gasteiger partial charge in [-0.05, 0) is 18.4 Å². The first-order valence-electron chi connectivity index (χ1n) is 9.02. The molecule has 1 N–H and O–H groups in total. The number of carboxylic acid groups (broad SMARTS) is 1. The summed E-state index contributed by atoms with van der Waals surface area (Å²) in [5.74, 6) is -1.50. The third-order valence-corrected chi connectivity index (χ3v) is 5.11. The van der Waals surface area contributed by atoms with Gasteiger partial charge in [0.1, 0.15) is 12.6 Å². The third kappa shape index (κ3) is 4.39. The fourth-order valence-corrected chi connectivity index (χ4v) is 3.66. The van der Waals surface area contributed by atoms with Gasteiger partial charge >= 0.3 is 12.1 Å². The number of hydrogen-bond donors (Lipinski definition) is 1. The molecule has 2 bridgehead atoms. The molecule has 1 aromatic carbocycles. The number of hydrogen-bond acceptors (Lipinski definition) is 5. The molecule has 1 aromatic rings. The van der Waals surface area contributed by atoms with Crippen LogP contribution in [-0.2, 0) is 25.7 Å². The van der Waals surface area contributed by atoms with Gasteiger partial charge in [0.2, 0.25) is 5.91 Å². The quantitative estimate of drug-likeness (QED) is 0.808. The minimum absolute atomic E-state index is 0.0544. The molecule has 3 rings (SSSR count). The average molecular weight is 376 g/mol. The predicted octanol–water partition coefficient (Wildman–Crippen LogP) is 1.49. The van der Waals surface area contributed by atoms with Crippen LogP contribution in [0.2, 0.25) is 0 Å². The van der Waals surface area contributed by atoms with E-state index in [-0.39, 0.29) is 24.6 Å². The molecule has 0 radical (unpaired) electrons. The van der Waals surface area contributed by atoms with Crippen LogP contribution in [0.1, 0.15) is 24.8 Å².